The van der Waals surface area contributed by atoms with Gasteiger partial charge < -0.3 is 0 Å². The van der Waals surface area contributed by atoms with Gasteiger partial charge in [-0.05, 0) is 17.5 Å². The van der Waals surface area contributed by atoms with Crippen molar-refractivity contribution in [1.82, 2.24) is 5.01 Å². The minimum Gasteiger partial charge on any atom is -0.272 e. The van der Waals surface area contributed by atoms with Crippen molar-refractivity contribution in [1.29, 1.82) is 0 Å². The predicted molar refractivity (Wildman–Crippen MR) is 71.1 cm³/mol. The van der Waals surface area contributed by atoms with Crippen LogP contribution < -0.4 is 5.84 Å². The molecule has 4 nitrogen and oxygen atoms in total. The third kappa shape index (κ3) is 2.50. The maximum Gasteiger partial charge on any atom is 0.253 e. The largest absolute Gasteiger partial charge is 0.272 e. The van der Waals surface area contributed by atoms with Gasteiger partial charge >= 0.3 is 0 Å². The number of hydrazine groups is 1. The van der Waals surface area contributed by atoms with Crippen LogP contribution in [0.2, 0.25) is 0 Å². The summed E-state index contributed by atoms with van der Waals surface area (Å²) in [4.78, 5) is 15.8. The van der Waals surface area contributed by atoms with Crippen LogP contribution in [0.1, 0.15) is 25.3 Å². The Balaban J connectivity index is 2.36. The lowest BCUT2D eigenvalue weighted by Gasteiger charge is -2.11. The maximum absolute atomic E-state index is 11.3. The zero-order chi connectivity index (χ0) is 12.4. The Kier molecular flexibility index (Phi) is 3.49. The molecule has 2 N–H and O–H groups in total. The number of amides is 1. The SMILES string of the molecule is CC(C)c1ccccc1/N=C1\SCC(=O)N1N. The minimum absolute atomic E-state index is 0.101. The zero-order valence-corrected chi connectivity index (χ0v) is 10.7. The summed E-state index contributed by atoms with van der Waals surface area (Å²) < 4.78 is 0. The summed E-state index contributed by atoms with van der Waals surface area (Å²) >= 11 is 1.38. The summed E-state index contributed by atoms with van der Waals surface area (Å²) in [5.74, 6) is 6.29. The van der Waals surface area contributed by atoms with E-state index in [1.54, 1.807) is 0 Å². The van der Waals surface area contributed by atoms with Crippen LogP contribution in [0.25, 0.3) is 0 Å². The second kappa shape index (κ2) is 4.89. The van der Waals surface area contributed by atoms with Gasteiger partial charge in [-0.15, -0.1) is 0 Å². The van der Waals surface area contributed by atoms with E-state index in [9.17, 15) is 4.79 Å². The van der Waals surface area contributed by atoms with E-state index in [0.717, 1.165) is 16.3 Å². The Bertz CT molecular complexity index is 471. The molecule has 0 aliphatic carbocycles. The maximum atomic E-state index is 11.3. The number of nitrogens with zero attached hydrogens (tertiary/aromatic N) is 2. The minimum atomic E-state index is -0.101. The molecule has 0 aromatic heterocycles. The molecule has 1 fully saturated rings. The molecular formula is C12H15N3OS. The molecule has 0 radical (unpaired) electrons. The Hall–Kier alpha value is -1.33. The third-order valence-electron chi connectivity index (χ3n) is 2.57. The van der Waals surface area contributed by atoms with E-state index in [1.807, 2.05) is 24.3 Å². The molecule has 1 aliphatic rings. The summed E-state index contributed by atoms with van der Waals surface area (Å²) in [6.45, 7) is 4.23. The number of carbonyl (C=O) groups excluding carboxylic acids is 1. The van der Waals surface area contributed by atoms with E-state index in [-0.39, 0.29) is 5.91 Å². The highest BCUT2D eigenvalue weighted by Crippen LogP contribution is 2.29. The molecule has 5 heteroatoms. The molecule has 0 bridgehead atoms. The second-order valence-electron chi connectivity index (χ2n) is 4.16. The topological polar surface area (TPSA) is 58.7 Å². The van der Waals surface area contributed by atoms with Crippen LogP contribution in [0.5, 0.6) is 0 Å². The number of benzene rings is 1. The number of amidine groups is 1. The van der Waals surface area contributed by atoms with E-state index in [0.29, 0.717) is 16.8 Å². The van der Waals surface area contributed by atoms with Crippen LogP contribution in [0.4, 0.5) is 5.69 Å². The third-order valence-corrected chi connectivity index (χ3v) is 3.51. The predicted octanol–water partition coefficient (Wildman–Crippen LogP) is 2.25. The Morgan fingerprint density at radius 2 is 2.12 bits per heavy atom. The first-order valence-corrected chi connectivity index (χ1v) is 6.46. The van der Waals surface area contributed by atoms with Gasteiger partial charge in [0.25, 0.3) is 5.91 Å². The molecular weight excluding hydrogens is 234 g/mol. The number of rotatable bonds is 2. The fourth-order valence-corrected chi connectivity index (χ4v) is 2.43. The number of thioether (sulfide) groups is 1. The van der Waals surface area contributed by atoms with Gasteiger partial charge in [-0.25, -0.2) is 15.8 Å². The van der Waals surface area contributed by atoms with Gasteiger partial charge in [-0.2, -0.15) is 0 Å². The lowest BCUT2D eigenvalue weighted by atomic mass is 10.0. The van der Waals surface area contributed by atoms with Crippen LogP contribution >= 0.6 is 11.8 Å². The number of hydrogen-bond acceptors (Lipinski definition) is 4. The zero-order valence-electron chi connectivity index (χ0n) is 9.88. The fraction of sp³-hybridized carbons (Fsp3) is 0.333. The van der Waals surface area contributed by atoms with Crippen molar-refractivity contribution in [2.75, 3.05) is 5.75 Å². The van der Waals surface area contributed by atoms with Crippen molar-refractivity contribution in [2.24, 2.45) is 10.8 Å². The summed E-state index contributed by atoms with van der Waals surface area (Å²) in [6, 6.07) is 7.92. The van der Waals surface area contributed by atoms with Crippen LogP contribution in [-0.4, -0.2) is 21.8 Å². The number of aliphatic imine (C=N–C) groups is 1. The molecule has 90 valence electrons. The first-order valence-electron chi connectivity index (χ1n) is 5.47. The molecule has 2 rings (SSSR count). The number of nitrogens with two attached hydrogens (primary N) is 1. The molecule has 0 saturated carbocycles. The molecule has 0 unspecified atom stereocenters. The molecule has 0 spiro atoms. The van der Waals surface area contributed by atoms with Gasteiger partial charge in [0.05, 0.1) is 11.4 Å². The lowest BCUT2D eigenvalue weighted by Crippen LogP contribution is -2.36. The monoisotopic (exact) mass is 249 g/mol. The quantitative estimate of drug-likeness (QED) is 0.646. The van der Waals surface area contributed by atoms with Crippen molar-refractivity contribution < 1.29 is 4.79 Å². The van der Waals surface area contributed by atoms with Crippen LogP contribution in [0.3, 0.4) is 0 Å². The first kappa shape index (κ1) is 12.1. The number of hydrogen-bond donors (Lipinski definition) is 1. The summed E-state index contributed by atoms with van der Waals surface area (Å²) in [5, 5.41) is 1.70. The van der Waals surface area contributed by atoms with Gasteiger partial charge in [0.15, 0.2) is 5.17 Å². The Morgan fingerprint density at radius 1 is 1.41 bits per heavy atom. The highest BCUT2D eigenvalue weighted by atomic mass is 32.2. The van der Waals surface area contributed by atoms with E-state index in [4.69, 9.17) is 5.84 Å². The summed E-state index contributed by atoms with van der Waals surface area (Å²) in [6.07, 6.45) is 0. The fourth-order valence-electron chi connectivity index (χ4n) is 1.64. The van der Waals surface area contributed by atoms with Crippen molar-refractivity contribution in [3.8, 4) is 0 Å². The van der Waals surface area contributed by atoms with E-state index in [2.05, 4.69) is 18.8 Å². The van der Waals surface area contributed by atoms with Gasteiger partial charge in [-0.3, -0.25) is 4.79 Å². The molecule has 1 saturated heterocycles. The van der Waals surface area contributed by atoms with E-state index >= 15 is 0 Å². The van der Waals surface area contributed by atoms with Crippen LogP contribution in [0.15, 0.2) is 29.3 Å². The molecule has 1 aromatic rings. The average Bonchev–Trinajstić information content (AvgIpc) is 2.61. The molecule has 0 atom stereocenters. The number of para-hydroxylation sites is 1. The summed E-state index contributed by atoms with van der Waals surface area (Å²) in [5.41, 5.74) is 2.04. The van der Waals surface area contributed by atoms with E-state index in [1.165, 1.54) is 11.8 Å². The van der Waals surface area contributed by atoms with Crippen LogP contribution in [0, 0.1) is 0 Å². The van der Waals surface area contributed by atoms with Gasteiger partial charge in [0.2, 0.25) is 0 Å². The Labute approximate surface area is 105 Å². The Morgan fingerprint density at radius 3 is 2.71 bits per heavy atom. The molecule has 1 aliphatic heterocycles. The van der Waals surface area contributed by atoms with Gasteiger partial charge in [-0.1, -0.05) is 43.8 Å². The second-order valence-corrected chi connectivity index (χ2v) is 5.10. The number of carbonyl (C=O) groups is 1. The molecule has 1 amide bonds. The van der Waals surface area contributed by atoms with Crippen molar-refractivity contribution >= 4 is 28.5 Å². The highest BCUT2D eigenvalue weighted by Gasteiger charge is 2.25. The summed E-state index contributed by atoms with van der Waals surface area (Å²) in [7, 11) is 0. The van der Waals surface area contributed by atoms with Crippen molar-refractivity contribution in [3.05, 3.63) is 29.8 Å². The lowest BCUT2D eigenvalue weighted by molar-refractivity contribution is -0.124. The molecule has 1 heterocycles. The van der Waals surface area contributed by atoms with Crippen molar-refractivity contribution in [2.45, 2.75) is 19.8 Å². The van der Waals surface area contributed by atoms with E-state index < -0.39 is 0 Å². The highest BCUT2D eigenvalue weighted by molar-refractivity contribution is 8.15. The molecule has 17 heavy (non-hydrogen) atoms. The smallest absolute Gasteiger partial charge is 0.253 e. The van der Waals surface area contributed by atoms with Crippen molar-refractivity contribution in [3.63, 3.8) is 0 Å². The molecule has 1 aromatic carbocycles. The standard InChI is InChI=1S/C12H15N3OS/c1-8(2)9-5-3-4-6-10(9)14-12-15(13)11(16)7-17-12/h3-6,8H,7,13H2,1-2H3/b14-12-. The normalized spacial score (nSPS) is 18.5. The van der Waals surface area contributed by atoms with Gasteiger partial charge in [0, 0.05) is 0 Å². The van der Waals surface area contributed by atoms with Gasteiger partial charge in [0.1, 0.15) is 0 Å². The first-order chi connectivity index (χ1) is 8.09. The average molecular weight is 249 g/mol. The van der Waals surface area contributed by atoms with Crippen LogP contribution in [-0.2, 0) is 4.79 Å².